The van der Waals surface area contributed by atoms with E-state index in [2.05, 4.69) is 230 Å². The van der Waals surface area contributed by atoms with Gasteiger partial charge in [-0.15, -0.1) is 0 Å². The van der Waals surface area contributed by atoms with Crippen molar-refractivity contribution in [1.29, 1.82) is 0 Å². The molecule has 0 saturated carbocycles. The summed E-state index contributed by atoms with van der Waals surface area (Å²) >= 11 is 0. The van der Waals surface area contributed by atoms with Gasteiger partial charge in [0.1, 0.15) is 0 Å². The Morgan fingerprint density at radius 2 is 0.982 bits per heavy atom. The number of nitrogens with zero attached hydrogens (tertiary/aromatic N) is 2. The van der Waals surface area contributed by atoms with E-state index in [1.54, 1.807) is 0 Å². The Labute approximate surface area is 336 Å². The molecule has 2 aliphatic rings. The number of hydrogen-bond acceptors (Lipinski definition) is 2. The van der Waals surface area contributed by atoms with Crippen LogP contribution in [-0.4, -0.2) is 0 Å². The average Bonchev–Trinajstić information content (AvgIpc) is 3.50. The van der Waals surface area contributed by atoms with Crippen molar-refractivity contribution in [2.45, 2.75) is 32.1 Å². The number of anilines is 6. The SMILES string of the molecule is CC1(C)c2cc(N(c3ccccc3)c3ccc(-c4ccccc4)cc3)ccc2-c2c1cc1ccccc1c2N(c1ccccc1)c1ccc(C2=CCCC=C2)cc1. The second kappa shape index (κ2) is 14.3. The number of rotatable bonds is 8. The minimum atomic E-state index is -0.259. The molecule has 0 fully saturated rings. The second-order valence-electron chi connectivity index (χ2n) is 15.7. The van der Waals surface area contributed by atoms with E-state index in [4.69, 9.17) is 0 Å². The summed E-state index contributed by atoms with van der Waals surface area (Å²) in [7, 11) is 0. The molecule has 8 aromatic carbocycles. The minimum absolute atomic E-state index is 0.259. The monoisotopic (exact) mass is 732 g/mol. The van der Waals surface area contributed by atoms with Gasteiger partial charge in [-0.3, -0.25) is 0 Å². The lowest BCUT2D eigenvalue weighted by Gasteiger charge is -2.30. The Bertz CT molecular complexity index is 2780. The quantitative estimate of drug-likeness (QED) is 0.153. The van der Waals surface area contributed by atoms with Crippen LogP contribution in [0, 0.1) is 0 Å². The molecule has 0 N–H and O–H groups in total. The minimum Gasteiger partial charge on any atom is -0.310 e. The molecule has 0 bridgehead atoms. The van der Waals surface area contributed by atoms with Gasteiger partial charge in [-0.1, -0.05) is 153 Å². The maximum atomic E-state index is 2.49. The van der Waals surface area contributed by atoms with E-state index in [1.165, 1.54) is 61.0 Å². The summed E-state index contributed by atoms with van der Waals surface area (Å²) in [6.07, 6.45) is 9.10. The molecule has 57 heavy (non-hydrogen) atoms. The van der Waals surface area contributed by atoms with Gasteiger partial charge < -0.3 is 9.80 Å². The van der Waals surface area contributed by atoms with Crippen molar-refractivity contribution in [2.24, 2.45) is 0 Å². The predicted octanol–water partition coefficient (Wildman–Crippen LogP) is 15.5. The molecule has 0 spiro atoms. The van der Waals surface area contributed by atoms with E-state index in [0.717, 1.165) is 41.3 Å². The van der Waals surface area contributed by atoms with Crippen LogP contribution in [0.3, 0.4) is 0 Å². The fourth-order valence-electron chi connectivity index (χ4n) is 8.95. The Kier molecular flexibility index (Phi) is 8.68. The lowest BCUT2D eigenvalue weighted by Crippen LogP contribution is -2.17. The van der Waals surface area contributed by atoms with Gasteiger partial charge in [0.05, 0.1) is 5.69 Å². The highest BCUT2D eigenvalue weighted by Gasteiger charge is 2.40. The van der Waals surface area contributed by atoms with Crippen molar-refractivity contribution in [2.75, 3.05) is 9.80 Å². The summed E-state index contributed by atoms with van der Waals surface area (Å²) in [6.45, 7) is 4.79. The highest BCUT2D eigenvalue weighted by molar-refractivity contribution is 6.10. The van der Waals surface area contributed by atoms with Crippen molar-refractivity contribution in [3.05, 3.63) is 223 Å². The summed E-state index contributed by atoms with van der Waals surface area (Å²) < 4.78 is 0. The van der Waals surface area contributed by atoms with E-state index < -0.39 is 0 Å². The Hall–Kier alpha value is -6.90. The van der Waals surface area contributed by atoms with Gasteiger partial charge in [-0.2, -0.15) is 0 Å². The maximum absolute atomic E-state index is 2.49. The molecule has 10 rings (SSSR count). The molecule has 0 radical (unpaired) electrons. The average molecular weight is 733 g/mol. The number of benzene rings is 8. The molecule has 0 amide bonds. The zero-order valence-corrected chi connectivity index (χ0v) is 32.4. The topological polar surface area (TPSA) is 6.48 Å². The summed E-state index contributed by atoms with van der Waals surface area (Å²) in [5, 5.41) is 2.48. The maximum Gasteiger partial charge on any atom is 0.0621 e. The molecular weight excluding hydrogens is 689 g/mol. The number of fused-ring (bicyclic) bond motifs is 4. The van der Waals surface area contributed by atoms with Crippen LogP contribution in [-0.2, 0) is 5.41 Å². The van der Waals surface area contributed by atoms with Crippen molar-refractivity contribution >= 4 is 50.5 Å². The van der Waals surface area contributed by atoms with E-state index in [9.17, 15) is 0 Å². The first-order chi connectivity index (χ1) is 28.0. The van der Waals surface area contributed by atoms with Gasteiger partial charge in [0.2, 0.25) is 0 Å². The standard InChI is InChI=1S/C55H44N2/c1-55(2)51-38-48(56(44-22-11-5-12-23-44)46-31-27-41(28-32-46)39-17-7-3-8-18-39)35-36-50(51)53-52(55)37-43-21-15-16-26-49(43)54(53)57(45-24-13-6-14-25-45)47-33-29-42(30-34-47)40-19-9-4-10-20-40/h3,5-9,11-38H,4,10H2,1-2H3. The van der Waals surface area contributed by atoms with Gasteiger partial charge in [-0.25, -0.2) is 0 Å². The van der Waals surface area contributed by atoms with Gasteiger partial charge in [0, 0.05) is 44.8 Å². The Morgan fingerprint density at radius 1 is 0.439 bits per heavy atom. The van der Waals surface area contributed by atoms with Crippen molar-refractivity contribution in [1.82, 2.24) is 0 Å². The zero-order valence-electron chi connectivity index (χ0n) is 32.4. The van der Waals surface area contributed by atoms with E-state index in [-0.39, 0.29) is 5.41 Å². The van der Waals surface area contributed by atoms with Crippen LogP contribution >= 0.6 is 0 Å². The highest BCUT2D eigenvalue weighted by Crippen LogP contribution is 2.57. The Balaban J connectivity index is 1.15. The third-order valence-electron chi connectivity index (χ3n) is 11.8. The number of hydrogen-bond donors (Lipinski definition) is 0. The van der Waals surface area contributed by atoms with Crippen LogP contribution in [0.2, 0.25) is 0 Å². The third-order valence-corrected chi connectivity index (χ3v) is 11.8. The molecule has 274 valence electrons. The molecule has 8 aromatic rings. The largest absolute Gasteiger partial charge is 0.310 e. The summed E-state index contributed by atoms with van der Waals surface area (Å²) in [4.78, 5) is 4.87. The van der Waals surface area contributed by atoms with Crippen LogP contribution in [0.25, 0.3) is 38.6 Å². The fourth-order valence-corrected chi connectivity index (χ4v) is 8.95. The Morgan fingerprint density at radius 3 is 1.65 bits per heavy atom. The normalized spacial score (nSPS) is 13.8. The van der Waals surface area contributed by atoms with Crippen molar-refractivity contribution < 1.29 is 0 Å². The lowest BCUT2D eigenvalue weighted by atomic mass is 9.81. The molecule has 0 atom stereocenters. The predicted molar refractivity (Wildman–Crippen MR) is 243 cm³/mol. The van der Waals surface area contributed by atoms with Crippen molar-refractivity contribution in [3.63, 3.8) is 0 Å². The van der Waals surface area contributed by atoms with Crippen molar-refractivity contribution in [3.8, 4) is 22.3 Å². The smallest absolute Gasteiger partial charge is 0.0621 e. The van der Waals surface area contributed by atoms with Crippen LogP contribution in [0.1, 0.15) is 43.4 Å². The van der Waals surface area contributed by atoms with Gasteiger partial charge in [0.25, 0.3) is 0 Å². The van der Waals surface area contributed by atoms with Crippen LogP contribution in [0.4, 0.5) is 34.1 Å². The van der Waals surface area contributed by atoms with E-state index in [1.807, 2.05) is 0 Å². The third kappa shape index (κ3) is 6.15. The molecule has 0 unspecified atom stereocenters. The fraction of sp³-hybridized carbons (Fsp3) is 0.0909. The van der Waals surface area contributed by atoms with Crippen LogP contribution in [0.5, 0.6) is 0 Å². The molecule has 2 aliphatic carbocycles. The van der Waals surface area contributed by atoms with Gasteiger partial charge >= 0.3 is 0 Å². The molecule has 0 aromatic heterocycles. The second-order valence-corrected chi connectivity index (χ2v) is 15.7. The molecule has 2 nitrogen and oxygen atoms in total. The first kappa shape index (κ1) is 34.6. The first-order valence-corrected chi connectivity index (χ1v) is 20.1. The molecular formula is C55H44N2. The summed E-state index contributed by atoms with van der Waals surface area (Å²) in [5.41, 5.74) is 16.8. The molecule has 0 saturated heterocycles. The number of para-hydroxylation sites is 2. The van der Waals surface area contributed by atoms with E-state index >= 15 is 0 Å². The van der Waals surface area contributed by atoms with Crippen LogP contribution in [0.15, 0.2) is 206 Å². The molecule has 0 aliphatic heterocycles. The van der Waals surface area contributed by atoms with Crippen LogP contribution < -0.4 is 9.80 Å². The molecule has 2 heteroatoms. The van der Waals surface area contributed by atoms with E-state index in [0.29, 0.717) is 0 Å². The summed E-state index contributed by atoms with van der Waals surface area (Å²) in [5.74, 6) is 0. The summed E-state index contributed by atoms with van der Waals surface area (Å²) in [6, 6.07) is 68.8. The first-order valence-electron chi connectivity index (χ1n) is 20.1. The highest BCUT2D eigenvalue weighted by atomic mass is 15.2. The number of allylic oxidation sites excluding steroid dienone is 4. The van der Waals surface area contributed by atoms with Gasteiger partial charge in [0.15, 0.2) is 0 Å². The van der Waals surface area contributed by atoms with Gasteiger partial charge in [-0.05, 0) is 124 Å². The zero-order chi connectivity index (χ0) is 38.3. The lowest BCUT2D eigenvalue weighted by molar-refractivity contribution is 0.661. The molecule has 0 heterocycles.